The number of fused-ring (bicyclic) bond motifs is 2. The van der Waals surface area contributed by atoms with Crippen molar-refractivity contribution in [2.45, 2.75) is 26.9 Å². The number of nitrogens with zero attached hydrogens (tertiary/aromatic N) is 14. The van der Waals surface area contributed by atoms with Crippen molar-refractivity contribution >= 4 is 80.1 Å². The summed E-state index contributed by atoms with van der Waals surface area (Å²) in [5.41, 5.74) is 18.6. The number of imidazole rings is 2. The van der Waals surface area contributed by atoms with E-state index in [0.717, 1.165) is 58.7 Å². The van der Waals surface area contributed by atoms with E-state index in [1.807, 2.05) is 47.9 Å². The van der Waals surface area contributed by atoms with E-state index in [1.54, 1.807) is 34.2 Å². The van der Waals surface area contributed by atoms with Gasteiger partial charge in [-0.05, 0) is 61.4 Å². The van der Waals surface area contributed by atoms with Crippen LogP contribution in [0.2, 0.25) is 10.0 Å². The van der Waals surface area contributed by atoms with Gasteiger partial charge in [-0.15, -0.1) is 0 Å². The number of H-pyrrole nitrogens is 2. The van der Waals surface area contributed by atoms with E-state index in [1.165, 1.54) is 12.7 Å². The van der Waals surface area contributed by atoms with Crippen molar-refractivity contribution in [1.29, 1.82) is 0 Å². The van der Waals surface area contributed by atoms with Gasteiger partial charge >= 0.3 is 0 Å². The highest BCUT2D eigenvalue weighted by Gasteiger charge is 2.27. The minimum atomic E-state index is -0.0236. The first-order chi connectivity index (χ1) is 31.0. The second-order valence-electron chi connectivity index (χ2n) is 15.4. The topological polar surface area (TPSA) is 244 Å². The second-order valence-corrected chi connectivity index (χ2v) is 16.2. The van der Waals surface area contributed by atoms with Crippen LogP contribution >= 0.6 is 23.2 Å². The molecule has 0 spiro atoms. The molecule has 64 heavy (non-hydrogen) atoms. The summed E-state index contributed by atoms with van der Waals surface area (Å²) in [6, 6.07) is 12.0. The van der Waals surface area contributed by atoms with Gasteiger partial charge in [0.2, 0.25) is 11.8 Å². The lowest BCUT2D eigenvalue weighted by atomic mass is 10.2. The molecule has 2 aliphatic heterocycles. The zero-order valence-electron chi connectivity index (χ0n) is 35.0. The Labute approximate surface area is 376 Å². The van der Waals surface area contributed by atoms with Crippen molar-refractivity contribution in [2.75, 3.05) is 73.6 Å². The largest absolute Gasteiger partial charge is 0.383 e. The number of amides is 2. The second kappa shape index (κ2) is 17.8. The zero-order chi connectivity index (χ0) is 44.5. The summed E-state index contributed by atoms with van der Waals surface area (Å²) in [6.45, 7) is 9.62. The summed E-state index contributed by atoms with van der Waals surface area (Å²) in [5, 5.41) is 11.8. The molecule has 8 heterocycles. The summed E-state index contributed by atoms with van der Waals surface area (Å²) in [6.07, 6.45) is 9.41. The van der Waals surface area contributed by atoms with E-state index >= 15 is 0 Å². The number of aromatic amines is 2. The molecule has 0 radical (unpaired) electrons. The molecule has 8 aromatic rings. The highest BCUT2D eigenvalue weighted by atomic mass is 35.5. The highest BCUT2D eigenvalue weighted by Crippen LogP contribution is 2.30. The number of piperazine rings is 2. The number of nitrogens with two attached hydrogens (primary N) is 2. The molecule has 2 aliphatic rings. The first-order valence-electron chi connectivity index (χ1n) is 20.5. The van der Waals surface area contributed by atoms with Gasteiger partial charge in [-0.2, -0.15) is 10.2 Å². The minimum absolute atomic E-state index is 0.0236. The third-order valence-electron chi connectivity index (χ3n) is 11.4. The van der Waals surface area contributed by atoms with Crippen LogP contribution in [0.15, 0.2) is 73.8 Å². The van der Waals surface area contributed by atoms with Gasteiger partial charge in [-0.25, -0.2) is 39.3 Å². The standard InChI is InChI=1S/2C21H22ClN9O/c2*1-13-10-14(2-3-15(13)22)29-6-8-30(9-7-29)16(32)11-31-21-17(19(23)26-12-27-21)18(28-31)20-24-4-5-25-20/h2*2-5,10,12H,6-9,11H2,1H3,(H,24,25)(H2,23,26,27). The average molecular weight is 904 g/mol. The van der Waals surface area contributed by atoms with E-state index in [4.69, 9.17) is 34.7 Å². The van der Waals surface area contributed by atoms with Gasteiger partial charge in [0.15, 0.2) is 22.9 Å². The number of aryl methyl sites for hydroxylation is 2. The van der Waals surface area contributed by atoms with E-state index in [-0.39, 0.29) is 24.9 Å². The smallest absolute Gasteiger partial charge is 0.244 e. The number of anilines is 4. The van der Waals surface area contributed by atoms with Crippen LogP contribution in [0.5, 0.6) is 0 Å². The summed E-state index contributed by atoms with van der Waals surface area (Å²) < 4.78 is 3.14. The van der Waals surface area contributed by atoms with Crippen LogP contribution in [0, 0.1) is 13.8 Å². The molecular formula is C42H44Cl2N18O2. The fourth-order valence-corrected chi connectivity index (χ4v) is 8.17. The Kier molecular flexibility index (Phi) is 11.7. The predicted molar refractivity (Wildman–Crippen MR) is 245 cm³/mol. The third kappa shape index (κ3) is 8.43. The van der Waals surface area contributed by atoms with Crippen LogP contribution < -0.4 is 21.3 Å². The van der Waals surface area contributed by atoms with Crippen LogP contribution in [0.3, 0.4) is 0 Å². The highest BCUT2D eigenvalue weighted by molar-refractivity contribution is 6.31. The number of halogens is 2. The van der Waals surface area contributed by atoms with Crippen molar-refractivity contribution < 1.29 is 9.59 Å². The van der Waals surface area contributed by atoms with Crippen LogP contribution in [0.4, 0.5) is 23.0 Å². The van der Waals surface area contributed by atoms with Crippen molar-refractivity contribution in [1.82, 2.24) is 69.2 Å². The maximum atomic E-state index is 13.1. The number of aromatic nitrogens is 12. The van der Waals surface area contributed by atoms with Gasteiger partial charge in [0.25, 0.3) is 0 Å². The molecule has 2 aromatic carbocycles. The van der Waals surface area contributed by atoms with Crippen LogP contribution in [-0.4, -0.2) is 133 Å². The van der Waals surface area contributed by atoms with Crippen LogP contribution in [0.25, 0.3) is 45.1 Å². The molecular weight excluding hydrogens is 859 g/mol. The lowest BCUT2D eigenvalue weighted by Crippen LogP contribution is -2.49. The predicted octanol–water partition coefficient (Wildman–Crippen LogP) is 4.22. The fraction of sp³-hybridized carbons (Fsp3) is 0.286. The molecule has 0 saturated carbocycles. The molecule has 2 saturated heterocycles. The first kappa shape index (κ1) is 42.0. The minimum Gasteiger partial charge on any atom is -0.383 e. The number of nitrogen functional groups attached to an aromatic ring is 2. The van der Waals surface area contributed by atoms with Crippen LogP contribution in [-0.2, 0) is 22.7 Å². The monoisotopic (exact) mass is 902 g/mol. The molecule has 10 rings (SSSR count). The van der Waals surface area contributed by atoms with Gasteiger partial charge in [0, 0.05) is 98.6 Å². The maximum absolute atomic E-state index is 13.1. The zero-order valence-corrected chi connectivity index (χ0v) is 36.5. The lowest BCUT2D eigenvalue weighted by molar-refractivity contribution is -0.133. The Morgan fingerprint density at radius 3 is 1.36 bits per heavy atom. The number of carbonyl (C=O) groups is 2. The van der Waals surface area contributed by atoms with E-state index in [2.05, 4.69) is 72.0 Å². The van der Waals surface area contributed by atoms with Gasteiger partial charge in [-0.3, -0.25) is 9.59 Å². The first-order valence-corrected chi connectivity index (χ1v) is 21.3. The number of rotatable bonds is 8. The van der Waals surface area contributed by atoms with Gasteiger partial charge in [0.1, 0.15) is 48.8 Å². The Morgan fingerprint density at radius 2 is 1.00 bits per heavy atom. The Morgan fingerprint density at radius 1 is 0.594 bits per heavy atom. The number of benzene rings is 2. The van der Waals surface area contributed by atoms with Crippen molar-refractivity contribution in [3.8, 4) is 23.0 Å². The van der Waals surface area contributed by atoms with Gasteiger partial charge in [0.05, 0.1) is 10.8 Å². The summed E-state index contributed by atoms with van der Waals surface area (Å²) in [4.78, 5) is 65.7. The molecule has 0 atom stereocenters. The summed E-state index contributed by atoms with van der Waals surface area (Å²) in [7, 11) is 0. The molecule has 0 aliphatic carbocycles. The molecule has 20 nitrogen and oxygen atoms in total. The quantitative estimate of drug-likeness (QED) is 0.167. The van der Waals surface area contributed by atoms with E-state index < -0.39 is 0 Å². The Bertz CT molecular complexity index is 2750. The molecule has 22 heteroatoms. The third-order valence-corrected chi connectivity index (χ3v) is 12.3. The molecule has 0 bridgehead atoms. The number of hydrogen-bond donors (Lipinski definition) is 4. The van der Waals surface area contributed by atoms with Crippen molar-refractivity contribution in [2.24, 2.45) is 0 Å². The molecule has 328 valence electrons. The molecule has 0 unspecified atom stereocenters. The lowest BCUT2D eigenvalue weighted by Gasteiger charge is -2.36. The SMILES string of the molecule is Cc1cc(N2CCN(C(=O)Cn3nc(-c4ncc[nH]4)c4c(N)ncnc43)CC2)ccc1Cl.Cc1cc(N2CCN(C(=O)Cn3nc(-c4ncc[nH]4)c4c(N)ncnc43)CC2)ccc1Cl. The normalized spacial score (nSPS) is 14.3. The van der Waals surface area contributed by atoms with E-state index in [9.17, 15) is 9.59 Å². The Hall–Kier alpha value is -7.32. The maximum Gasteiger partial charge on any atom is 0.244 e. The fourth-order valence-electron chi connectivity index (χ4n) is 7.94. The summed E-state index contributed by atoms with van der Waals surface area (Å²) in [5.74, 6) is 1.65. The van der Waals surface area contributed by atoms with Crippen molar-refractivity contribution in [3.63, 3.8) is 0 Å². The van der Waals surface area contributed by atoms with Gasteiger partial charge in [-0.1, -0.05) is 23.2 Å². The molecule has 6 aromatic heterocycles. The number of hydrogen-bond acceptors (Lipinski definition) is 14. The summed E-state index contributed by atoms with van der Waals surface area (Å²) >= 11 is 12.3. The van der Waals surface area contributed by atoms with E-state index in [0.29, 0.717) is 82.9 Å². The number of carbonyl (C=O) groups excluding carboxylic acids is 2. The van der Waals surface area contributed by atoms with Crippen LogP contribution in [0.1, 0.15) is 11.1 Å². The number of nitrogens with one attached hydrogen (secondary N) is 2. The molecule has 2 amide bonds. The average Bonchev–Trinajstić information content (AvgIpc) is 4.15. The van der Waals surface area contributed by atoms with Gasteiger partial charge < -0.3 is 41.0 Å². The van der Waals surface area contributed by atoms with Crippen molar-refractivity contribution in [3.05, 3.63) is 95.0 Å². The Balaban J connectivity index is 0.000000162. The molecule has 6 N–H and O–H groups in total. The molecule has 2 fully saturated rings.